The summed E-state index contributed by atoms with van der Waals surface area (Å²) in [5.41, 5.74) is 1.95. The zero-order valence-corrected chi connectivity index (χ0v) is 17.3. The number of anilines is 1. The zero-order chi connectivity index (χ0) is 19.8. The van der Waals surface area contributed by atoms with Crippen LogP contribution in [0, 0.1) is 6.92 Å². The lowest BCUT2D eigenvalue weighted by atomic mass is 10.2. The topological polar surface area (TPSA) is 59.8 Å². The molecule has 7 heteroatoms. The molecule has 3 rings (SSSR count). The number of carbonyl (C=O) groups is 1. The Morgan fingerprint density at radius 1 is 1.11 bits per heavy atom. The second kappa shape index (κ2) is 10.1. The van der Waals surface area contributed by atoms with E-state index in [2.05, 4.69) is 34.2 Å². The fourth-order valence-corrected chi connectivity index (χ4v) is 4.10. The van der Waals surface area contributed by atoms with Gasteiger partial charge < -0.3 is 9.88 Å². The maximum Gasteiger partial charge on any atom is 0.234 e. The van der Waals surface area contributed by atoms with E-state index in [0.717, 1.165) is 22.2 Å². The first-order valence-corrected chi connectivity index (χ1v) is 10.8. The summed E-state index contributed by atoms with van der Waals surface area (Å²) in [4.78, 5) is 13.4. The van der Waals surface area contributed by atoms with E-state index in [-0.39, 0.29) is 11.7 Å². The lowest BCUT2D eigenvalue weighted by molar-refractivity contribution is -0.113. The maximum absolute atomic E-state index is 12.2. The molecule has 0 atom stereocenters. The molecule has 1 heterocycles. The molecule has 0 aliphatic heterocycles. The summed E-state index contributed by atoms with van der Waals surface area (Å²) in [6.07, 6.45) is 1.82. The number of hydrogen-bond donors (Lipinski definition) is 1. The van der Waals surface area contributed by atoms with Crippen LogP contribution in [0.4, 0.5) is 5.69 Å². The molecule has 0 spiro atoms. The van der Waals surface area contributed by atoms with Gasteiger partial charge in [0, 0.05) is 17.1 Å². The Morgan fingerprint density at radius 2 is 1.86 bits per heavy atom. The van der Waals surface area contributed by atoms with Gasteiger partial charge in [0.1, 0.15) is 5.82 Å². The predicted molar refractivity (Wildman–Crippen MR) is 117 cm³/mol. The third-order valence-corrected chi connectivity index (χ3v) is 5.86. The minimum atomic E-state index is -0.0674. The van der Waals surface area contributed by atoms with E-state index in [1.165, 1.54) is 16.7 Å². The van der Waals surface area contributed by atoms with Crippen LogP contribution < -0.4 is 5.32 Å². The van der Waals surface area contributed by atoms with Gasteiger partial charge in [-0.3, -0.25) is 4.79 Å². The lowest BCUT2D eigenvalue weighted by Crippen LogP contribution is -2.14. The molecular weight excluding hydrogens is 388 g/mol. The molecule has 0 fully saturated rings. The molecule has 1 N–H and O–H groups in total. The van der Waals surface area contributed by atoms with Crippen molar-refractivity contribution in [3.63, 3.8) is 0 Å². The van der Waals surface area contributed by atoms with Crippen molar-refractivity contribution in [2.24, 2.45) is 0 Å². The number of thioether (sulfide) groups is 2. The smallest absolute Gasteiger partial charge is 0.234 e. The van der Waals surface area contributed by atoms with Gasteiger partial charge >= 0.3 is 0 Å². The van der Waals surface area contributed by atoms with Gasteiger partial charge in [-0.25, -0.2) is 0 Å². The normalized spacial score (nSPS) is 10.6. The summed E-state index contributed by atoms with van der Waals surface area (Å²) in [5.74, 6) is 1.79. The number of nitrogens with zero attached hydrogens (tertiary/aromatic N) is 3. The number of aryl methyl sites for hydroxylation is 1. The number of allylic oxidation sites excluding steroid dienone is 1. The first kappa shape index (κ1) is 20.2. The summed E-state index contributed by atoms with van der Waals surface area (Å²) >= 11 is 3.09. The van der Waals surface area contributed by atoms with Crippen molar-refractivity contribution in [1.29, 1.82) is 0 Å². The molecule has 0 aliphatic carbocycles. The van der Waals surface area contributed by atoms with Crippen LogP contribution >= 0.6 is 23.5 Å². The third-order valence-electron chi connectivity index (χ3n) is 3.88. The van der Waals surface area contributed by atoms with Crippen LogP contribution in [0.25, 0.3) is 0 Å². The van der Waals surface area contributed by atoms with E-state index < -0.39 is 0 Å². The van der Waals surface area contributed by atoms with Crippen LogP contribution in [0.2, 0.25) is 0 Å². The van der Waals surface area contributed by atoms with E-state index in [1.807, 2.05) is 60.0 Å². The molecule has 5 nitrogen and oxygen atoms in total. The molecule has 0 saturated heterocycles. The van der Waals surface area contributed by atoms with Gasteiger partial charge in [-0.05, 0) is 31.2 Å². The average molecular weight is 411 g/mol. The third kappa shape index (κ3) is 5.74. The largest absolute Gasteiger partial charge is 0.325 e. The Bertz CT molecular complexity index is 923. The predicted octanol–water partition coefficient (Wildman–Crippen LogP) is 4.80. The minimum Gasteiger partial charge on any atom is -0.325 e. The van der Waals surface area contributed by atoms with Gasteiger partial charge in [-0.1, -0.05) is 53.7 Å². The van der Waals surface area contributed by atoms with Gasteiger partial charge in [-0.2, -0.15) is 0 Å². The highest BCUT2D eigenvalue weighted by Gasteiger charge is 2.14. The number of rotatable bonds is 9. The van der Waals surface area contributed by atoms with Crippen LogP contribution in [-0.4, -0.2) is 26.4 Å². The van der Waals surface area contributed by atoms with E-state index in [1.54, 1.807) is 11.8 Å². The van der Waals surface area contributed by atoms with Crippen molar-refractivity contribution >= 4 is 35.1 Å². The molecular formula is C21H22N4OS2. The second-order valence-electron chi connectivity index (χ2n) is 6.10. The van der Waals surface area contributed by atoms with E-state index >= 15 is 0 Å². The molecule has 1 aromatic heterocycles. The number of aromatic nitrogens is 3. The zero-order valence-electron chi connectivity index (χ0n) is 15.7. The van der Waals surface area contributed by atoms with Crippen LogP contribution in [-0.2, 0) is 17.1 Å². The van der Waals surface area contributed by atoms with Crippen LogP contribution in [0.1, 0.15) is 11.4 Å². The maximum atomic E-state index is 12.2. The summed E-state index contributed by atoms with van der Waals surface area (Å²) in [6, 6.07) is 17.9. The second-order valence-corrected chi connectivity index (χ2v) is 8.09. The molecule has 0 radical (unpaired) electrons. The standard InChI is InChI=1S/C21H22N4OS2/c1-3-13-25-19(14-27-18-7-5-4-6-8-18)23-24-21(25)28-15-20(26)22-17-11-9-16(2)10-12-17/h3-12H,1,13-15H2,2H3,(H,22,26). The SMILES string of the molecule is C=CCn1c(CSc2ccccc2)nnc1SCC(=O)Nc1ccc(C)cc1. The van der Waals surface area contributed by atoms with Gasteiger partial charge in [0.05, 0.1) is 11.5 Å². The number of hydrogen-bond acceptors (Lipinski definition) is 5. The molecule has 28 heavy (non-hydrogen) atoms. The highest BCUT2D eigenvalue weighted by atomic mass is 32.2. The van der Waals surface area contributed by atoms with Crippen molar-refractivity contribution < 1.29 is 4.79 Å². The van der Waals surface area contributed by atoms with Crippen molar-refractivity contribution in [3.05, 3.63) is 78.6 Å². The van der Waals surface area contributed by atoms with Gasteiger partial charge in [0.25, 0.3) is 0 Å². The van der Waals surface area contributed by atoms with E-state index in [4.69, 9.17) is 0 Å². The lowest BCUT2D eigenvalue weighted by Gasteiger charge is -2.08. The van der Waals surface area contributed by atoms with E-state index in [0.29, 0.717) is 12.3 Å². The van der Waals surface area contributed by atoms with Crippen LogP contribution in [0.5, 0.6) is 0 Å². The number of benzene rings is 2. The van der Waals surface area contributed by atoms with Gasteiger partial charge in [0.2, 0.25) is 5.91 Å². The fourth-order valence-electron chi connectivity index (χ4n) is 2.47. The first-order chi connectivity index (χ1) is 13.7. The minimum absolute atomic E-state index is 0.0674. The number of nitrogens with one attached hydrogen (secondary N) is 1. The Kier molecular flexibility index (Phi) is 7.33. The summed E-state index contributed by atoms with van der Waals surface area (Å²) in [6.45, 7) is 6.45. The van der Waals surface area contributed by atoms with Gasteiger partial charge in [0.15, 0.2) is 5.16 Å². The summed E-state index contributed by atoms with van der Waals surface area (Å²) in [7, 11) is 0. The van der Waals surface area contributed by atoms with Crippen molar-refractivity contribution in [1.82, 2.24) is 14.8 Å². The van der Waals surface area contributed by atoms with Crippen molar-refractivity contribution in [3.8, 4) is 0 Å². The fraction of sp³-hybridized carbons (Fsp3) is 0.190. The van der Waals surface area contributed by atoms with Crippen LogP contribution in [0.15, 0.2) is 77.3 Å². The quantitative estimate of drug-likeness (QED) is 0.406. The summed E-state index contributed by atoms with van der Waals surface area (Å²) < 4.78 is 2.01. The van der Waals surface area contributed by atoms with Crippen molar-refractivity contribution in [2.45, 2.75) is 29.3 Å². The summed E-state index contributed by atoms with van der Waals surface area (Å²) in [5, 5.41) is 12.2. The molecule has 2 aromatic carbocycles. The molecule has 144 valence electrons. The van der Waals surface area contributed by atoms with Gasteiger partial charge in [-0.15, -0.1) is 28.5 Å². The number of carbonyl (C=O) groups excluding carboxylic acids is 1. The van der Waals surface area contributed by atoms with E-state index in [9.17, 15) is 4.79 Å². The molecule has 0 unspecified atom stereocenters. The Labute approximate surface area is 173 Å². The highest BCUT2D eigenvalue weighted by Crippen LogP contribution is 2.24. The molecule has 3 aromatic rings. The first-order valence-electron chi connectivity index (χ1n) is 8.86. The Morgan fingerprint density at radius 3 is 2.57 bits per heavy atom. The van der Waals surface area contributed by atoms with Crippen molar-refractivity contribution in [2.75, 3.05) is 11.1 Å². The molecule has 0 aliphatic rings. The molecule has 0 saturated carbocycles. The molecule has 0 bridgehead atoms. The van der Waals surface area contributed by atoms with Crippen LogP contribution in [0.3, 0.4) is 0 Å². The Hall–Kier alpha value is -2.51. The Balaban J connectivity index is 1.59. The number of amides is 1. The average Bonchev–Trinajstić information content (AvgIpc) is 3.09. The highest BCUT2D eigenvalue weighted by molar-refractivity contribution is 7.99. The monoisotopic (exact) mass is 410 g/mol. The molecule has 1 amide bonds.